The number of hydrogen-bond acceptors (Lipinski definition) is 4. The van der Waals surface area contributed by atoms with Gasteiger partial charge in [-0.2, -0.15) is 0 Å². The third kappa shape index (κ3) is 3.51. The summed E-state index contributed by atoms with van der Waals surface area (Å²) in [5, 5.41) is 0.636. The molecule has 1 aliphatic heterocycles. The monoisotopic (exact) mass is 405 g/mol. The number of pyridine rings is 1. The lowest BCUT2D eigenvalue weighted by molar-refractivity contribution is 0.0754. The summed E-state index contributed by atoms with van der Waals surface area (Å²) < 4.78 is 34.7. The van der Waals surface area contributed by atoms with Crippen molar-refractivity contribution in [1.29, 1.82) is 0 Å². The number of hydrogen-bond donors (Lipinski definition) is 1. The minimum absolute atomic E-state index is 0.0460. The highest BCUT2D eigenvalue weighted by Crippen LogP contribution is 2.38. The van der Waals surface area contributed by atoms with Gasteiger partial charge >= 0.3 is 0 Å². The summed E-state index contributed by atoms with van der Waals surface area (Å²) in [7, 11) is 0. The first-order chi connectivity index (χ1) is 13.4. The van der Waals surface area contributed by atoms with E-state index in [-0.39, 0.29) is 30.5 Å². The van der Waals surface area contributed by atoms with Crippen LogP contribution < -0.4 is 5.73 Å². The van der Waals surface area contributed by atoms with Crippen LogP contribution in [0, 0.1) is 5.82 Å². The summed E-state index contributed by atoms with van der Waals surface area (Å²) in [6.07, 6.45) is 2.74. The quantitative estimate of drug-likeness (QED) is 0.836. The van der Waals surface area contributed by atoms with Gasteiger partial charge in [-0.15, -0.1) is 0 Å². The van der Waals surface area contributed by atoms with Crippen LogP contribution in [0.3, 0.4) is 0 Å². The Balaban J connectivity index is 1.66. The fraction of sp³-hybridized carbons (Fsp3) is 0.429. The first-order valence-electron chi connectivity index (χ1n) is 9.36. The van der Waals surface area contributed by atoms with Crippen LogP contribution in [0.4, 0.5) is 8.78 Å². The third-order valence-electron chi connectivity index (χ3n) is 5.68. The molecule has 2 aliphatic rings. The van der Waals surface area contributed by atoms with E-state index in [1.807, 2.05) is 6.07 Å². The van der Waals surface area contributed by atoms with Crippen LogP contribution >= 0.6 is 11.6 Å². The number of rotatable bonds is 3. The van der Waals surface area contributed by atoms with Crippen molar-refractivity contribution in [2.45, 2.75) is 43.8 Å². The topological polar surface area (TPSA) is 60.5 Å². The molecule has 0 fully saturated rings. The molecule has 0 radical (unpaired) electrons. The van der Waals surface area contributed by atoms with Crippen molar-refractivity contribution in [1.82, 2.24) is 4.98 Å². The Hall–Kier alpha value is -2.05. The predicted molar refractivity (Wildman–Crippen MR) is 105 cm³/mol. The van der Waals surface area contributed by atoms with Gasteiger partial charge in [-0.05, 0) is 49.4 Å². The van der Waals surface area contributed by atoms with Crippen molar-refractivity contribution in [3.05, 3.63) is 63.7 Å². The number of alkyl halides is 1. The number of nitrogens with two attached hydrogens (primary N) is 1. The number of fused-ring (bicyclic) bond motifs is 1. The minimum atomic E-state index is -1.49. The van der Waals surface area contributed by atoms with E-state index in [9.17, 15) is 8.78 Å². The summed E-state index contributed by atoms with van der Waals surface area (Å²) in [5.41, 5.74) is 7.71. The standard InChI is InChI=1S/C21H22ClF2N3O/c1-21(18(24)10-28-11-19(25)27-21)16-7-12(2-5-17(16)23)6-13-3-4-14-8-15(22)9-26-20(13)14/h2,5,7-9,13,18H,3-4,6,10-11H2,1H3,(H2,25,27)/t13?,18-,21+/m0/s1. The zero-order chi connectivity index (χ0) is 19.9. The summed E-state index contributed by atoms with van der Waals surface area (Å²) >= 11 is 6.04. The Kier molecular flexibility index (Phi) is 5.10. The highest BCUT2D eigenvalue weighted by Gasteiger charge is 2.40. The van der Waals surface area contributed by atoms with Crippen molar-refractivity contribution < 1.29 is 13.5 Å². The zero-order valence-corrected chi connectivity index (χ0v) is 16.3. The number of aromatic nitrogens is 1. The average Bonchev–Trinajstić information content (AvgIpc) is 2.98. The van der Waals surface area contributed by atoms with Gasteiger partial charge in [0.25, 0.3) is 0 Å². The summed E-state index contributed by atoms with van der Waals surface area (Å²) in [6, 6.07) is 6.78. The molecule has 3 atom stereocenters. The lowest BCUT2D eigenvalue weighted by atomic mass is 9.85. The Morgan fingerprint density at radius 2 is 2.18 bits per heavy atom. The van der Waals surface area contributed by atoms with Gasteiger partial charge in [0.1, 0.15) is 23.8 Å². The van der Waals surface area contributed by atoms with Gasteiger partial charge in [0.05, 0.1) is 11.6 Å². The number of aliphatic imine (C=N–C) groups is 1. The maximum Gasteiger partial charge on any atom is 0.152 e. The zero-order valence-electron chi connectivity index (χ0n) is 15.6. The van der Waals surface area contributed by atoms with E-state index in [1.165, 1.54) is 6.07 Å². The molecule has 4 nitrogen and oxygen atoms in total. The van der Waals surface area contributed by atoms with Crippen LogP contribution in [-0.2, 0) is 23.1 Å². The maximum absolute atomic E-state index is 14.8. The Bertz CT molecular complexity index is 936. The SMILES string of the molecule is C[C@]1(c2cc(CC3CCc4cc(Cl)cnc43)ccc2F)N=C(N)COC[C@@H]1F. The first kappa shape index (κ1) is 19.3. The van der Waals surface area contributed by atoms with Crippen molar-refractivity contribution in [3.8, 4) is 0 Å². The van der Waals surface area contributed by atoms with Gasteiger partial charge in [0.2, 0.25) is 0 Å². The summed E-state index contributed by atoms with van der Waals surface area (Å²) in [5.74, 6) is -0.104. The predicted octanol–water partition coefficient (Wildman–Crippen LogP) is 4.09. The van der Waals surface area contributed by atoms with Crippen molar-refractivity contribution >= 4 is 17.4 Å². The molecule has 1 aliphatic carbocycles. The number of ether oxygens (including phenoxy) is 1. The first-order valence-corrected chi connectivity index (χ1v) is 9.74. The molecule has 1 unspecified atom stereocenters. The van der Waals surface area contributed by atoms with Gasteiger partial charge < -0.3 is 10.5 Å². The Morgan fingerprint density at radius 1 is 1.36 bits per heavy atom. The molecule has 1 aromatic heterocycles. The average molecular weight is 406 g/mol. The normalized spacial score (nSPS) is 27.2. The second-order valence-electron chi connectivity index (χ2n) is 7.69. The van der Waals surface area contributed by atoms with Gasteiger partial charge in [0.15, 0.2) is 6.17 Å². The third-order valence-corrected chi connectivity index (χ3v) is 5.88. The molecule has 0 saturated heterocycles. The highest BCUT2D eigenvalue weighted by molar-refractivity contribution is 6.30. The van der Waals surface area contributed by atoms with Crippen molar-refractivity contribution in [3.63, 3.8) is 0 Å². The second kappa shape index (κ2) is 7.41. The van der Waals surface area contributed by atoms with E-state index in [0.717, 1.165) is 29.7 Å². The highest BCUT2D eigenvalue weighted by atomic mass is 35.5. The molecule has 4 rings (SSSR count). The molecule has 1 aromatic carbocycles. The van der Waals surface area contributed by atoms with Crippen LogP contribution in [0.15, 0.2) is 35.5 Å². The molecule has 0 amide bonds. The molecule has 7 heteroatoms. The van der Waals surface area contributed by atoms with Crippen LogP contribution in [0.2, 0.25) is 5.02 Å². The number of aryl methyl sites for hydroxylation is 1. The molecule has 2 aromatic rings. The van der Waals surface area contributed by atoms with Gasteiger partial charge in [-0.1, -0.05) is 23.7 Å². The number of halogens is 3. The molecule has 0 bridgehead atoms. The van der Waals surface area contributed by atoms with Crippen LogP contribution in [0.25, 0.3) is 0 Å². The lowest BCUT2D eigenvalue weighted by Gasteiger charge is -2.29. The number of nitrogens with zero attached hydrogens (tertiary/aromatic N) is 2. The van der Waals surface area contributed by atoms with Crippen LogP contribution in [0.1, 0.15) is 41.6 Å². The molecule has 2 N–H and O–H groups in total. The van der Waals surface area contributed by atoms with E-state index in [0.29, 0.717) is 11.4 Å². The van der Waals surface area contributed by atoms with Gasteiger partial charge in [-0.3, -0.25) is 9.98 Å². The molecule has 148 valence electrons. The fourth-order valence-electron chi connectivity index (χ4n) is 4.16. The van der Waals surface area contributed by atoms with E-state index in [4.69, 9.17) is 22.1 Å². The molecule has 0 saturated carbocycles. The van der Waals surface area contributed by atoms with Crippen molar-refractivity contribution in [2.24, 2.45) is 10.7 Å². The second-order valence-corrected chi connectivity index (χ2v) is 8.12. The van der Waals surface area contributed by atoms with E-state index in [1.54, 1.807) is 25.3 Å². The molecule has 2 heterocycles. The molecule has 0 spiro atoms. The largest absolute Gasteiger partial charge is 0.386 e. The van der Waals surface area contributed by atoms with Gasteiger partial charge in [-0.25, -0.2) is 8.78 Å². The maximum atomic E-state index is 14.8. The number of benzene rings is 1. The molecular formula is C21H22ClF2N3O. The Labute approximate surface area is 167 Å². The fourth-order valence-corrected chi connectivity index (χ4v) is 4.34. The van der Waals surface area contributed by atoms with Gasteiger partial charge in [0, 0.05) is 23.4 Å². The van der Waals surface area contributed by atoms with E-state index >= 15 is 0 Å². The van der Waals surface area contributed by atoms with Crippen LogP contribution in [-0.4, -0.2) is 30.2 Å². The van der Waals surface area contributed by atoms with E-state index < -0.39 is 17.5 Å². The summed E-state index contributed by atoms with van der Waals surface area (Å²) in [6.45, 7) is 1.44. The lowest BCUT2D eigenvalue weighted by Crippen LogP contribution is -2.35. The van der Waals surface area contributed by atoms with Crippen LogP contribution in [0.5, 0.6) is 0 Å². The number of amidine groups is 1. The van der Waals surface area contributed by atoms with Crippen molar-refractivity contribution in [2.75, 3.05) is 13.2 Å². The summed E-state index contributed by atoms with van der Waals surface area (Å²) in [4.78, 5) is 8.76. The molecule has 28 heavy (non-hydrogen) atoms. The smallest absolute Gasteiger partial charge is 0.152 e. The van der Waals surface area contributed by atoms with E-state index in [2.05, 4.69) is 9.98 Å². The Morgan fingerprint density at radius 3 is 3.00 bits per heavy atom. The molecular weight excluding hydrogens is 384 g/mol. The minimum Gasteiger partial charge on any atom is -0.386 e.